The molecule has 0 bridgehead atoms. The molecule has 1 spiro atoms. The molecule has 22 heavy (non-hydrogen) atoms. The van der Waals surface area contributed by atoms with Gasteiger partial charge >= 0.3 is 0 Å². The van der Waals surface area contributed by atoms with Gasteiger partial charge in [-0.15, -0.1) is 11.8 Å². The first-order valence-corrected chi connectivity index (χ1v) is 10.2. The van der Waals surface area contributed by atoms with E-state index >= 15 is 0 Å². The van der Waals surface area contributed by atoms with Gasteiger partial charge in [-0.2, -0.15) is 4.31 Å². The molecule has 2 saturated heterocycles. The molecule has 1 aliphatic carbocycles. The molecule has 3 aliphatic rings. The molecule has 0 radical (unpaired) electrons. The minimum absolute atomic E-state index is 0.0880. The van der Waals surface area contributed by atoms with Crippen LogP contribution in [0, 0.1) is 0 Å². The van der Waals surface area contributed by atoms with Crippen molar-refractivity contribution in [1.29, 1.82) is 0 Å². The van der Waals surface area contributed by atoms with E-state index in [1.165, 1.54) is 0 Å². The highest BCUT2D eigenvalue weighted by Crippen LogP contribution is 2.48. The molecule has 1 aromatic heterocycles. The number of sulfonamides is 1. The van der Waals surface area contributed by atoms with Crippen LogP contribution in [0.5, 0.6) is 0 Å². The van der Waals surface area contributed by atoms with Crippen LogP contribution in [0.3, 0.4) is 0 Å². The average Bonchev–Trinajstić information content (AvgIpc) is 3.25. The van der Waals surface area contributed by atoms with Crippen molar-refractivity contribution < 1.29 is 13.2 Å². The molecule has 0 N–H and O–H groups in total. The number of ether oxygens (including phenoxy) is 1. The largest absolute Gasteiger partial charge is 0.373 e. The van der Waals surface area contributed by atoms with Crippen LogP contribution in [0.1, 0.15) is 24.8 Å². The molecule has 7 heteroatoms. The van der Waals surface area contributed by atoms with Gasteiger partial charge in [0.15, 0.2) is 0 Å². The van der Waals surface area contributed by atoms with Crippen molar-refractivity contribution in [2.45, 2.75) is 42.0 Å². The number of hydrogen-bond acceptors (Lipinski definition) is 5. The summed E-state index contributed by atoms with van der Waals surface area (Å²) in [6, 6.07) is 3.93. The molecule has 0 aromatic carbocycles. The fourth-order valence-corrected chi connectivity index (χ4v) is 6.90. The lowest BCUT2D eigenvalue weighted by molar-refractivity contribution is 0.0397. The lowest BCUT2D eigenvalue weighted by Gasteiger charge is -2.46. The second kappa shape index (κ2) is 5.47. The summed E-state index contributed by atoms with van der Waals surface area (Å²) in [6.45, 7) is 1.95. The maximum Gasteiger partial charge on any atom is 0.217 e. The molecule has 0 unspecified atom stereocenters. The maximum atomic E-state index is 12.2. The Bertz CT molecular complexity index is 640. The molecule has 4 rings (SSSR count). The highest BCUT2D eigenvalue weighted by Gasteiger charge is 2.55. The van der Waals surface area contributed by atoms with Gasteiger partial charge in [-0.25, -0.2) is 8.42 Å². The lowest BCUT2D eigenvalue weighted by atomic mass is 9.95. The van der Waals surface area contributed by atoms with Crippen molar-refractivity contribution in [2.24, 2.45) is 0 Å². The summed E-state index contributed by atoms with van der Waals surface area (Å²) in [7, 11) is -2.99. The topological polar surface area (TPSA) is 59.5 Å². The number of rotatable bonds is 5. The van der Waals surface area contributed by atoms with Crippen molar-refractivity contribution >= 4 is 21.8 Å². The van der Waals surface area contributed by atoms with Crippen LogP contribution in [0.15, 0.2) is 24.5 Å². The summed E-state index contributed by atoms with van der Waals surface area (Å²) < 4.78 is 32.1. The Morgan fingerprint density at radius 3 is 2.73 bits per heavy atom. The van der Waals surface area contributed by atoms with Gasteiger partial charge in [-0.3, -0.25) is 4.98 Å². The van der Waals surface area contributed by atoms with E-state index in [0.29, 0.717) is 19.7 Å². The summed E-state index contributed by atoms with van der Waals surface area (Å²) in [5, 5.41) is -0.0880. The second-order valence-corrected chi connectivity index (χ2v) is 10.2. The average molecular weight is 340 g/mol. The molecule has 3 fully saturated rings. The third-order valence-electron chi connectivity index (χ3n) is 4.64. The third-order valence-corrected chi connectivity index (χ3v) is 8.51. The monoisotopic (exact) mass is 340 g/mol. The summed E-state index contributed by atoms with van der Waals surface area (Å²) in [5.74, 6) is 0.961. The minimum Gasteiger partial charge on any atom is -0.373 e. The quantitative estimate of drug-likeness (QED) is 0.816. The summed E-state index contributed by atoms with van der Waals surface area (Å²) >= 11 is 1.88. The molecule has 2 aliphatic heterocycles. The van der Waals surface area contributed by atoms with E-state index in [-0.39, 0.29) is 16.1 Å². The Hall–Kier alpha value is -0.630. The first kappa shape index (κ1) is 14.9. The fourth-order valence-electron chi connectivity index (χ4n) is 3.18. The van der Waals surface area contributed by atoms with Gasteiger partial charge in [0.2, 0.25) is 10.0 Å². The van der Waals surface area contributed by atoms with Crippen molar-refractivity contribution in [1.82, 2.24) is 9.29 Å². The van der Waals surface area contributed by atoms with Crippen LogP contribution in [0.2, 0.25) is 0 Å². The number of aromatic nitrogens is 1. The number of nitrogens with zero attached hydrogens (tertiary/aromatic N) is 2. The van der Waals surface area contributed by atoms with E-state index in [1.54, 1.807) is 16.7 Å². The first-order valence-electron chi connectivity index (χ1n) is 7.71. The van der Waals surface area contributed by atoms with Gasteiger partial charge < -0.3 is 4.74 Å². The zero-order valence-corrected chi connectivity index (χ0v) is 14.0. The standard InChI is InChI=1S/C15H20N2O3S2/c18-22(19,14-1-2-14)17-10-15(11-17)7-13(9-21-15)20-8-12-3-5-16-6-4-12/h3-6,13-14H,1-2,7-11H2/t13-/m1/s1. The molecule has 120 valence electrons. The van der Waals surface area contributed by atoms with Gasteiger partial charge in [-0.05, 0) is 37.0 Å². The molecule has 1 atom stereocenters. The molecular formula is C15H20N2O3S2. The van der Waals surface area contributed by atoms with Crippen LogP contribution in [-0.4, -0.2) is 52.7 Å². The van der Waals surface area contributed by atoms with Gasteiger partial charge in [0, 0.05) is 36.0 Å². The highest BCUT2D eigenvalue weighted by molar-refractivity contribution is 8.01. The van der Waals surface area contributed by atoms with Crippen molar-refractivity contribution in [2.75, 3.05) is 18.8 Å². The Morgan fingerprint density at radius 2 is 2.05 bits per heavy atom. The van der Waals surface area contributed by atoms with Crippen LogP contribution < -0.4 is 0 Å². The van der Waals surface area contributed by atoms with Crippen LogP contribution >= 0.6 is 11.8 Å². The van der Waals surface area contributed by atoms with E-state index in [9.17, 15) is 8.42 Å². The summed E-state index contributed by atoms with van der Waals surface area (Å²) in [5.41, 5.74) is 1.13. The normalized spacial score (nSPS) is 27.9. The van der Waals surface area contributed by atoms with Gasteiger partial charge in [-0.1, -0.05) is 0 Å². The molecule has 0 amide bonds. The Balaban J connectivity index is 1.29. The predicted octanol–water partition coefficient (Wildman–Crippen LogP) is 1.65. The smallest absolute Gasteiger partial charge is 0.217 e. The Labute approximate surface area is 135 Å². The van der Waals surface area contributed by atoms with E-state index < -0.39 is 10.0 Å². The second-order valence-electron chi connectivity index (χ2n) is 6.50. The predicted molar refractivity (Wildman–Crippen MR) is 86.1 cm³/mol. The SMILES string of the molecule is O=S(=O)(C1CC1)N1CC2(C[C@@H](OCc3ccncc3)CS2)C1. The lowest BCUT2D eigenvalue weighted by Crippen LogP contribution is -2.61. The fraction of sp³-hybridized carbons (Fsp3) is 0.667. The van der Waals surface area contributed by atoms with E-state index in [1.807, 2.05) is 23.9 Å². The van der Waals surface area contributed by atoms with E-state index in [0.717, 1.165) is 30.6 Å². The van der Waals surface area contributed by atoms with Crippen molar-refractivity contribution in [3.05, 3.63) is 30.1 Å². The first-order chi connectivity index (χ1) is 10.6. The summed E-state index contributed by atoms with van der Waals surface area (Å²) in [6.07, 6.45) is 6.42. The molecule has 1 saturated carbocycles. The summed E-state index contributed by atoms with van der Waals surface area (Å²) in [4.78, 5) is 4.00. The van der Waals surface area contributed by atoms with Gasteiger partial charge in [0.25, 0.3) is 0 Å². The van der Waals surface area contributed by atoms with Crippen LogP contribution in [0.4, 0.5) is 0 Å². The zero-order valence-electron chi connectivity index (χ0n) is 12.3. The maximum absolute atomic E-state index is 12.2. The third kappa shape index (κ3) is 2.79. The zero-order chi connectivity index (χ0) is 15.2. The minimum atomic E-state index is -2.99. The van der Waals surface area contributed by atoms with Crippen molar-refractivity contribution in [3.63, 3.8) is 0 Å². The molecule has 5 nitrogen and oxygen atoms in total. The number of thioether (sulfide) groups is 1. The number of pyridine rings is 1. The molecular weight excluding hydrogens is 320 g/mol. The van der Waals surface area contributed by atoms with E-state index in [4.69, 9.17) is 4.74 Å². The van der Waals surface area contributed by atoms with Crippen LogP contribution in [-0.2, 0) is 21.4 Å². The Kier molecular flexibility index (Phi) is 3.71. The van der Waals surface area contributed by atoms with Crippen LogP contribution in [0.25, 0.3) is 0 Å². The molecule has 3 heterocycles. The highest BCUT2D eigenvalue weighted by atomic mass is 32.2. The van der Waals surface area contributed by atoms with Gasteiger partial charge in [0.1, 0.15) is 0 Å². The van der Waals surface area contributed by atoms with E-state index in [2.05, 4.69) is 4.98 Å². The number of hydrogen-bond donors (Lipinski definition) is 0. The Morgan fingerprint density at radius 1 is 1.32 bits per heavy atom. The van der Waals surface area contributed by atoms with Crippen molar-refractivity contribution in [3.8, 4) is 0 Å². The van der Waals surface area contributed by atoms with Gasteiger partial charge in [0.05, 0.1) is 18.0 Å². The molecule has 1 aromatic rings.